The lowest BCUT2D eigenvalue weighted by Gasteiger charge is -2.20. The highest BCUT2D eigenvalue weighted by atomic mass is 16.6. The first-order valence-corrected chi connectivity index (χ1v) is 8.68. The van der Waals surface area contributed by atoms with Gasteiger partial charge in [-0.2, -0.15) is 0 Å². The Labute approximate surface area is 159 Å². The summed E-state index contributed by atoms with van der Waals surface area (Å²) in [4.78, 5) is 24.2. The van der Waals surface area contributed by atoms with Gasteiger partial charge < -0.3 is 14.2 Å². The van der Waals surface area contributed by atoms with Gasteiger partial charge in [0.2, 0.25) is 0 Å². The lowest BCUT2D eigenvalue weighted by Crippen LogP contribution is -2.27. The van der Waals surface area contributed by atoms with Crippen molar-refractivity contribution in [2.45, 2.75) is 33.3 Å². The number of rotatable bonds is 5. The molecule has 6 nitrogen and oxygen atoms in total. The number of carbonyl (C=O) groups excluding carboxylic acids is 2. The smallest absolute Gasteiger partial charge is 0.419 e. The first-order valence-electron chi connectivity index (χ1n) is 8.68. The molecule has 27 heavy (non-hydrogen) atoms. The van der Waals surface area contributed by atoms with Gasteiger partial charge in [-0.15, -0.1) is 0 Å². The van der Waals surface area contributed by atoms with Crippen molar-refractivity contribution in [1.82, 2.24) is 4.57 Å². The summed E-state index contributed by atoms with van der Waals surface area (Å²) in [6.07, 6.45) is 4.06. The van der Waals surface area contributed by atoms with Crippen LogP contribution in [0, 0.1) is 0 Å². The molecule has 0 aliphatic rings. The van der Waals surface area contributed by atoms with Crippen molar-refractivity contribution in [1.29, 1.82) is 0 Å². The van der Waals surface area contributed by atoms with Gasteiger partial charge in [-0.25, -0.2) is 9.59 Å². The Morgan fingerprint density at radius 1 is 1.15 bits per heavy atom. The van der Waals surface area contributed by atoms with Crippen LogP contribution in [-0.2, 0) is 14.3 Å². The molecule has 144 valence electrons. The Kier molecular flexibility index (Phi) is 6.45. The molecule has 0 bridgehead atoms. The molecule has 0 N–H and O–H groups in total. The maximum Gasteiger partial charge on any atom is 0.419 e. The standard InChI is InChI=1S/C21H25NO5/c1-6-26-19(23)12-7-15-13-18(16-8-10-17(25-5)11-9-16)22(14-15)20(24)27-21(2,3)4/h7-14H,6H2,1-5H3/b12-7+. The number of hydrogen-bond donors (Lipinski definition) is 0. The Morgan fingerprint density at radius 3 is 2.37 bits per heavy atom. The first kappa shape index (κ1) is 20.3. The Hall–Kier alpha value is -3.02. The van der Waals surface area contributed by atoms with Gasteiger partial charge in [-0.05, 0) is 75.2 Å². The van der Waals surface area contributed by atoms with Crippen LogP contribution in [0.4, 0.5) is 4.79 Å². The van der Waals surface area contributed by atoms with E-state index in [0.717, 1.165) is 11.3 Å². The topological polar surface area (TPSA) is 66.8 Å². The third kappa shape index (κ3) is 5.74. The summed E-state index contributed by atoms with van der Waals surface area (Å²) in [5.74, 6) is 0.282. The molecule has 0 unspecified atom stereocenters. The maximum atomic E-state index is 12.6. The zero-order valence-corrected chi connectivity index (χ0v) is 16.3. The van der Waals surface area contributed by atoms with E-state index in [9.17, 15) is 9.59 Å². The normalized spacial score (nSPS) is 11.4. The molecule has 0 fully saturated rings. The van der Waals surface area contributed by atoms with Gasteiger partial charge in [-0.3, -0.25) is 4.57 Å². The van der Waals surface area contributed by atoms with Crippen molar-refractivity contribution < 1.29 is 23.8 Å². The lowest BCUT2D eigenvalue weighted by atomic mass is 10.1. The minimum Gasteiger partial charge on any atom is -0.497 e. The fourth-order valence-corrected chi connectivity index (χ4v) is 2.38. The van der Waals surface area contributed by atoms with Crippen LogP contribution >= 0.6 is 0 Å². The summed E-state index contributed by atoms with van der Waals surface area (Å²) in [7, 11) is 1.59. The van der Waals surface area contributed by atoms with E-state index in [4.69, 9.17) is 14.2 Å². The molecular weight excluding hydrogens is 346 g/mol. The lowest BCUT2D eigenvalue weighted by molar-refractivity contribution is -0.137. The molecular formula is C21H25NO5. The van der Waals surface area contributed by atoms with Crippen molar-refractivity contribution in [2.75, 3.05) is 13.7 Å². The van der Waals surface area contributed by atoms with E-state index < -0.39 is 17.7 Å². The van der Waals surface area contributed by atoms with E-state index in [0.29, 0.717) is 17.9 Å². The minimum absolute atomic E-state index is 0.305. The number of nitrogens with zero attached hydrogens (tertiary/aromatic N) is 1. The van der Waals surface area contributed by atoms with Crippen LogP contribution in [-0.4, -0.2) is 35.9 Å². The monoisotopic (exact) mass is 371 g/mol. The van der Waals surface area contributed by atoms with E-state index in [1.807, 2.05) is 45.0 Å². The van der Waals surface area contributed by atoms with Gasteiger partial charge in [0.15, 0.2) is 0 Å². The molecule has 1 heterocycles. The summed E-state index contributed by atoms with van der Waals surface area (Å²) in [6.45, 7) is 7.47. The molecule has 0 atom stereocenters. The van der Waals surface area contributed by atoms with E-state index in [1.165, 1.54) is 10.6 Å². The molecule has 0 saturated heterocycles. The van der Waals surface area contributed by atoms with Crippen LogP contribution in [0.1, 0.15) is 33.3 Å². The average Bonchev–Trinajstić information content (AvgIpc) is 3.03. The Balaban J connectivity index is 2.41. The molecule has 0 aliphatic heterocycles. The predicted molar refractivity (Wildman–Crippen MR) is 104 cm³/mol. The molecule has 0 aliphatic carbocycles. The van der Waals surface area contributed by atoms with Crippen LogP contribution in [0.3, 0.4) is 0 Å². The second-order valence-electron chi connectivity index (χ2n) is 6.82. The predicted octanol–water partition coefficient (Wildman–Crippen LogP) is 4.52. The van der Waals surface area contributed by atoms with Crippen molar-refractivity contribution >= 4 is 18.1 Å². The molecule has 6 heteroatoms. The van der Waals surface area contributed by atoms with Gasteiger partial charge in [0, 0.05) is 12.3 Å². The summed E-state index contributed by atoms with van der Waals surface area (Å²) in [5, 5.41) is 0. The molecule has 1 aromatic carbocycles. The molecule has 0 radical (unpaired) electrons. The third-order valence-electron chi connectivity index (χ3n) is 3.52. The third-order valence-corrected chi connectivity index (χ3v) is 3.52. The van der Waals surface area contributed by atoms with E-state index in [2.05, 4.69) is 0 Å². The Bertz CT molecular complexity index is 825. The molecule has 2 rings (SSSR count). The van der Waals surface area contributed by atoms with Crippen molar-refractivity contribution in [2.24, 2.45) is 0 Å². The number of hydrogen-bond acceptors (Lipinski definition) is 5. The number of aromatic nitrogens is 1. The largest absolute Gasteiger partial charge is 0.497 e. The number of esters is 1. The maximum absolute atomic E-state index is 12.6. The number of ether oxygens (including phenoxy) is 3. The van der Waals surface area contributed by atoms with Crippen LogP contribution in [0.15, 0.2) is 42.6 Å². The van der Waals surface area contributed by atoms with Crippen LogP contribution in [0.5, 0.6) is 5.75 Å². The van der Waals surface area contributed by atoms with Crippen molar-refractivity contribution in [3.8, 4) is 17.0 Å². The summed E-state index contributed by atoms with van der Waals surface area (Å²) in [6, 6.07) is 9.15. The first-order chi connectivity index (χ1) is 12.7. The molecule has 2 aromatic rings. The van der Waals surface area contributed by atoms with Crippen molar-refractivity contribution in [3.63, 3.8) is 0 Å². The number of methoxy groups -OCH3 is 1. The quantitative estimate of drug-likeness (QED) is 0.571. The second-order valence-corrected chi connectivity index (χ2v) is 6.82. The SMILES string of the molecule is CCOC(=O)/C=C/c1cc(-c2ccc(OC)cc2)n(C(=O)OC(C)(C)C)c1. The zero-order valence-electron chi connectivity index (χ0n) is 16.3. The molecule has 0 spiro atoms. The van der Waals surface area contributed by atoms with E-state index >= 15 is 0 Å². The number of benzene rings is 1. The average molecular weight is 371 g/mol. The van der Waals surface area contributed by atoms with Crippen LogP contribution in [0.25, 0.3) is 17.3 Å². The fraction of sp³-hybridized carbons (Fsp3) is 0.333. The van der Waals surface area contributed by atoms with Gasteiger partial charge in [0.25, 0.3) is 0 Å². The molecule has 0 amide bonds. The van der Waals surface area contributed by atoms with Crippen molar-refractivity contribution in [3.05, 3.63) is 48.2 Å². The fourth-order valence-electron chi connectivity index (χ4n) is 2.38. The summed E-state index contributed by atoms with van der Waals surface area (Å²) in [5.41, 5.74) is 1.52. The van der Waals surface area contributed by atoms with Gasteiger partial charge >= 0.3 is 12.1 Å². The van der Waals surface area contributed by atoms with Gasteiger partial charge in [0.05, 0.1) is 19.4 Å². The highest BCUT2D eigenvalue weighted by molar-refractivity contribution is 5.88. The van der Waals surface area contributed by atoms with E-state index in [-0.39, 0.29) is 0 Å². The minimum atomic E-state index is -0.626. The molecule has 1 aromatic heterocycles. The Morgan fingerprint density at radius 2 is 1.81 bits per heavy atom. The second kappa shape index (κ2) is 8.58. The van der Waals surface area contributed by atoms with Crippen LogP contribution < -0.4 is 4.74 Å². The summed E-state index contributed by atoms with van der Waals surface area (Å²) >= 11 is 0. The summed E-state index contributed by atoms with van der Waals surface area (Å²) < 4.78 is 17.0. The number of carbonyl (C=O) groups is 2. The molecule has 0 saturated carbocycles. The highest BCUT2D eigenvalue weighted by Crippen LogP contribution is 2.26. The van der Waals surface area contributed by atoms with E-state index in [1.54, 1.807) is 32.4 Å². The zero-order chi connectivity index (χ0) is 20.0. The van der Waals surface area contributed by atoms with Gasteiger partial charge in [-0.1, -0.05) is 0 Å². The van der Waals surface area contributed by atoms with Gasteiger partial charge in [0.1, 0.15) is 11.4 Å². The highest BCUT2D eigenvalue weighted by Gasteiger charge is 2.21. The van der Waals surface area contributed by atoms with Crippen LogP contribution in [0.2, 0.25) is 0 Å².